The Kier molecular flexibility index (Phi) is 3.63. The van der Waals surface area contributed by atoms with Crippen LogP contribution in [-0.4, -0.2) is 21.2 Å². The summed E-state index contributed by atoms with van der Waals surface area (Å²) >= 11 is 0. The molecule has 0 aliphatic carbocycles. The standard InChI is InChI=1S/C17H16N2O3/c1-10(2)13-9-12(17(20)21)15-14(19-22-16(15)18-13)8-11-6-4-3-5-7-11/h3-7,9-10H,8H2,1-2H3,(H,20,21). The molecule has 3 rings (SSSR count). The van der Waals surface area contributed by atoms with Gasteiger partial charge in [-0.2, -0.15) is 0 Å². The zero-order valence-electron chi connectivity index (χ0n) is 12.4. The average Bonchev–Trinajstić information content (AvgIpc) is 2.90. The van der Waals surface area contributed by atoms with E-state index in [1.165, 1.54) is 0 Å². The van der Waals surface area contributed by atoms with Gasteiger partial charge >= 0.3 is 5.97 Å². The predicted molar refractivity (Wildman–Crippen MR) is 82.1 cm³/mol. The van der Waals surface area contributed by atoms with Gasteiger partial charge in [0, 0.05) is 12.1 Å². The second kappa shape index (κ2) is 5.60. The monoisotopic (exact) mass is 296 g/mol. The van der Waals surface area contributed by atoms with Crippen molar-refractivity contribution in [1.82, 2.24) is 10.1 Å². The predicted octanol–water partition coefficient (Wildman–Crippen LogP) is 3.64. The largest absolute Gasteiger partial charge is 0.478 e. The topological polar surface area (TPSA) is 76.2 Å². The molecule has 5 nitrogen and oxygen atoms in total. The minimum atomic E-state index is -0.994. The molecular weight excluding hydrogens is 280 g/mol. The third-order valence-corrected chi connectivity index (χ3v) is 3.57. The normalized spacial score (nSPS) is 11.2. The number of rotatable bonds is 4. The minimum absolute atomic E-state index is 0.116. The molecule has 0 unspecified atom stereocenters. The Morgan fingerprint density at radius 2 is 2.00 bits per heavy atom. The van der Waals surface area contributed by atoms with E-state index in [1.54, 1.807) is 6.07 Å². The highest BCUT2D eigenvalue weighted by atomic mass is 16.5. The summed E-state index contributed by atoms with van der Waals surface area (Å²) in [5.74, 6) is -0.878. The maximum atomic E-state index is 11.6. The summed E-state index contributed by atoms with van der Waals surface area (Å²) in [6, 6.07) is 11.4. The van der Waals surface area contributed by atoms with Crippen molar-refractivity contribution in [3.05, 3.63) is 58.9 Å². The Bertz CT molecular complexity index is 823. The molecule has 3 aromatic rings. The minimum Gasteiger partial charge on any atom is -0.478 e. The fourth-order valence-electron chi connectivity index (χ4n) is 2.40. The summed E-state index contributed by atoms with van der Waals surface area (Å²) in [7, 11) is 0. The molecule has 2 heterocycles. The molecule has 22 heavy (non-hydrogen) atoms. The van der Waals surface area contributed by atoms with Crippen molar-refractivity contribution in [1.29, 1.82) is 0 Å². The molecule has 5 heteroatoms. The maximum absolute atomic E-state index is 11.6. The van der Waals surface area contributed by atoms with Gasteiger partial charge in [-0.3, -0.25) is 0 Å². The lowest BCUT2D eigenvalue weighted by Crippen LogP contribution is -2.03. The molecule has 0 saturated heterocycles. The van der Waals surface area contributed by atoms with E-state index in [0.717, 1.165) is 5.56 Å². The van der Waals surface area contributed by atoms with Gasteiger partial charge in [-0.05, 0) is 17.5 Å². The Hall–Kier alpha value is -2.69. The quantitative estimate of drug-likeness (QED) is 0.795. The number of aromatic carboxylic acids is 1. The van der Waals surface area contributed by atoms with Crippen molar-refractivity contribution >= 4 is 17.1 Å². The molecule has 0 fully saturated rings. The Morgan fingerprint density at radius 3 is 2.64 bits per heavy atom. The Morgan fingerprint density at radius 1 is 1.27 bits per heavy atom. The van der Waals surface area contributed by atoms with Gasteiger partial charge in [0.25, 0.3) is 5.71 Å². The van der Waals surface area contributed by atoms with E-state index in [2.05, 4.69) is 10.1 Å². The van der Waals surface area contributed by atoms with Crippen molar-refractivity contribution in [3.8, 4) is 0 Å². The van der Waals surface area contributed by atoms with Crippen LogP contribution >= 0.6 is 0 Å². The van der Waals surface area contributed by atoms with Crippen LogP contribution in [0.2, 0.25) is 0 Å². The van der Waals surface area contributed by atoms with Crippen molar-refractivity contribution in [2.75, 3.05) is 0 Å². The van der Waals surface area contributed by atoms with E-state index >= 15 is 0 Å². The van der Waals surface area contributed by atoms with E-state index in [4.69, 9.17) is 4.52 Å². The van der Waals surface area contributed by atoms with E-state index in [-0.39, 0.29) is 17.2 Å². The van der Waals surface area contributed by atoms with Crippen LogP contribution < -0.4 is 0 Å². The van der Waals surface area contributed by atoms with Gasteiger partial charge in [0.1, 0.15) is 0 Å². The number of nitrogens with zero attached hydrogens (tertiary/aromatic N) is 2. The van der Waals surface area contributed by atoms with E-state index < -0.39 is 5.97 Å². The molecule has 0 amide bonds. The highest BCUT2D eigenvalue weighted by molar-refractivity contribution is 6.02. The van der Waals surface area contributed by atoms with E-state index in [0.29, 0.717) is 23.2 Å². The lowest BCUT2D eigenvalue weighted by Gasteiger charge is -2.06. The fourth-order valence-corrected chi connectivity index (χ4v) is 2.40. The maximum Gasteiger partial charge on any atom is 0.336 e. The number of pyridine rings is 1. The highest BCUT2D eigenvalue weighted by Crippen LogP contribution is 2.26. The first kappa shape index (κ1) is 14.3. The summed E-state index contributed by atoms with van der Waals surface area (Å²) < 4.78 is 5.28. The second-order valence-corrected chi connectivity index (χ2v) is 5.53. The number of aromatic nitrogens is 2. The zero-order chi connectivity index (χ0) is 15.7. The van der Waals surface area contributed by atoms with Gasteiger partial charge in [-0.15, -0.1) is 0 Å². The summed E-state index contributed by atoms with van der Waals surface area (Å²) in [5.41, 5.74) is 2.81. The summed E-state index contributed by atoms with van der Waals surface area (Å²) in [6.07, 6.45) is 0.511. The van der Waals surface area contributed by atoms with Crippen LogP contribution in [0.1, 0.15) is 47.1 Å². The SMILES string of the molecule is CC(C)c1cc(C(=O)O)c2c(Cc3ccccc3)noc2n1. The molecule has 0 atom stereocenters. The van der Waals surface area contributed by atoms with E-state index in [9.17, 15) is 9.90 Å². The van der Waals surface area contributed by atoms with Gasteiger partial charge in [0.05, 0.1) is 16.6 Å². The molecule has 112 valence electrons. The average molecular weight is 296 g/mol. The lowest BCUT2D eigenvalue weighted by atomic mass is 10.0. The molecule has 0 aliphatic rings. The first-order chi connectivity index (χ1) is 10.6. The number of carboxylic acid groups (broad SMARTS) is 1. The molecule has 0 saturated carbocycles. The van der Waals surface area contributed by atoms with Crippen LogP contribution in [-0.2, 0) is 6.42 Å². The van der Waals surface area contributed by atoms with Crippen LogP contribution in [0, 0.1) is 0 Å². The third kappa shape index (κ3) is 2.57. The Balaban J connectivity index is 2.15. The van der Waals surface area contributed by atoms with Gasteiger partial charge < -0.3 is 9.63 Å². The van der Waals surface area contributed by atoms with Crippen molar-refractivity contribution in [2.24, 2.45) is 0 Å². The van der Waals surface area contributed by atoms with Gasteiger partial charge in [0.15, 0.2) is 0 Å². The van der Waals surface area contributed by atoms with Crippen molar-refractivity contribution in [2.45, 2.75) is 26.2 Å². The molecule has 0 aliphatic heterocycles. The Labute approximate surface area is 127 Å². The number of hydrogen-bond acceptors (Lipinski definition) is 4. The van der Waals surface area contributed by atoms with Gasteiger partial charge in [-0.25, -0.2) is 9.78 Å². The lowest BCUT2D eigenvalue weighted by molar-refractivity contribution is 0.0698. The molecule has 1 aromatic carbocycles. The highest BCUT2D eigenvalue weighted by Gasteiger charge is 2.21. The molecular formula is C17H16N2O3. The fraction of sp³-hybridized carbons (Fsp3) is 0.235. The third-order valence-electron chi connectivity index (χ3n) is 3.57. The first-order valence-corrected chi connectivity index (χ1v) is 7.12. The van der Waals surface area contributed by atoms with E-state index in [1.807, 2.05) is 44.2 Å². The van der Waals surface area contributed by atoms with Gasteiger partial charge in [-0.1, -0.05) is 49.3 Å². The molecule has 0 spiro atoms. The number of fused-ring (bicyclic) bond motifs is 1. The van der Waals surface area contributed by atoms with Gasteiger partial charge in [0.2, 0.25) is 0 Å². The molecule has 0 radical (unpaired) electrons. The zero-order valence-corrected chi connectivity index (χ0v) is 12.4. The van der Waals surface area contributed by atoms with Crippen LogP contribution in [0.4, 0.5) is 0 Å². The summed E-state index contributed by atoms with van der Waals surface area (Å²) in [5, 5.41) is 14.0. The number of benzene rings is 1. The van der Waals surface area contributed by atoms with Crippen LogP contribution in [0.5, 0.6) is 0 Å². The van der Waals surface area contributed by atoms with Crippen molar-refractivity contribution < 1.29 is 14.4 Å². The number of carbonyl (C=O) groups is 1. The molecule has 1 N–H and O–H groups in total. The number of carboxylic acids is 1. The molecule has 2 aromatic heterocycles. The second-order valence-electron chi connectivity index (χ2n) is 5.53. The molecule has 0 bridgehead atoms. The van der Waals surface area contributed by atoms with Crippen LogP contribution in [0.15, 0.2) is 40.9 Å². The summed E-state index contributed by atoms with van der Waals surface area (Å²) in [4.78, 5) is 16.0. The number of hydrogen-bond donors (Lipinski definition) is 1. The first-order valence-electron chi connectivity index (χ1n) is 7.12. The smallest absolute Gasteiger partial charge is 0.336 e. The summed E-state index contributed by atoms with van der Waals surface area (Å²) in [6.45, 7) is 3.92. The van der Waals surface area contributed by atoms with Crippen molar-refractivity contribution in [3.63, 3.8) is 0 Å². The van der Waals surface area contributed by atoms with Crippen LogP contribution in [0.25, 0.3) is 11.1 Å². The van der Waals surface area contributed by atoms with Crippen LogP contribution in [0.3, 0.4) is 0 Å².